The topological polar surface area (TPSA) is 372 Å². The molecule has 9 aliphatic rings. The number of Topliss-reactive ketones (excluding diaryl/α,β-unsaturated/α-hetero) is 1. The van der Waals surface area contributed by atoms with Crippen molar-refractivity contribution < 1.29 is 120 Å². The van der Waals surface area contributed by atoms with E-state index in [9.17, 15) is 68.5 Å². The summed E-state index contributed by atoms with van der Waals surface area (Å²) in [6.07, 6.45) is -24.0. The van der Waals surface area contributed by atoms with Gasteiger partial charge in [-0.25, -0.2) is 4.18 Å². The molecule has 26 heteroatoms. The fourth-order valence-electron chi connectivity index (χ4n) is 15.8. The Labute approximate surface area is 459 Å². The number of cyclic esters (lactones) is 1. The number of ketones is 1. The van der Waals surface area contributed by atoms with Crippen LogP contribution in [0.3, 0.4) is 0 Å². The highest BCUT2D eigenvalue weighted by Gasteiger charge is 2.79. The van der Waals surface area contributed by atoms with Crippen LogP contribution in [0.1, 0.15) is 99.3 Å². The first kappa shape index (κ1) is 61.3. The molecule has 4 aliphatic carbocycles. The Bertz CT molecular complexity index is 2390. The maximum absolute atomic E-state index is 14.4. The van der Waals surface area contributed by atoms with Crippen molar-refractivity contribution in [3.05, 3.63) is 23.8 Å². The Balaban J connectivity index is 0.904. The summed E-state index contributed by atoms with van der Waals surface area (Å²) < 4.78 is 97.4. The van der Waals surface area contributed by atoms with Gasteiger partial charge in [-0.1, -0.05) is 44.9 Å². The summed E-state index contributed by atoms with van der Waals surface area (Å²) in [6, 6.07) is 0. The number of aliphatic hydroxyl groups excluding tert-OH is 9. The van der Waals surface area contributed by atoms with Crippen LogP contribution in [0.15, 0.2) is 23.8 Å². The number of carbonyl (C=O) groups is 2. The van der Waals surface area contributed by atoms with E-state index in [0.29, 0.717) is 38.5 Å². The van der Waals surface area contributed by atoms with E-state index in [2.05, 4.69) is 40.3 Å². The minimum atomic E-state index is -5.19. The number of methoxy groups -OCH3 is 1. The van der Waals surface area contributed by atoms with E-state index in [1.54, 1.807) is 0 Å². The van der Waals surface area contributed by atoms with Gasteiger partial charge in [0.15, 0.2) is 25.2 Å². The molecule has 0 aromatic carbocycles. The van der Waals surface area contributed by atoms with Gasteiger partial charge < -0.3 is 93.3 Å². The van der Waals surface area contributed by atoms with Gasteiger partial charge in [-0.15, -0.1) is 6.58 Å². The molecule has 3 saturated carbocycles. The van der Waals surface area contributed by atoms with E-state index in [4.69, 9.17) is 51.6 Å². The van der Waals surface area contributed by atoms with Gasteiger partial charge in [0.25, 0.3) is 0 Å². The Kier molecular flexibility index (Phi) is 17.6. The SMILES string of the molecule is C=C(C)CCC[C@]1(C)OC(=O)[C@]23CC[C@@H]4C(=CC[C@H]5C(C)(C)[C@@H](O[C@@H]6OC[C@@H](OS(=O)(=O)O)[C@H](O)[C@H]6O[C@@H]6O[C@H](CO)[C@@H](O[C@@H]7OC[C@@H](O)[C@H](O[C@@H]8O[C@H](CO)[C@@H](O)[C@H](OC)[C@H]8O)[C@H]7O)[C@H](O)[C@H]6O)CC[C@]45C)[C@]2(C)CC(=O)[C@@H]31. The number of rotatable bonds is 17. The van der Waals surface area contributed by atoms with Gasteiger partial charge >= 0.3 is 16.4 Å². The van der Waals surface area contributed by atoms with Crippen molar-refractivity contribution in [3.8, 4) is 0 Å². The van der Waals surface area contributed by atoms with Crippen molar-refractivity contribution in [2.45, 2.75) is 222 Å². The van der Waals surface area contributed by atoms with Crippen LogP contribution >= 0.6 is 0 Å². The van der Waals surface area contributed by atoms with E-state index >= 15 is 0 Å². The van der Waals surface area contributed by atoms with Crippen LogP contribution in [0, 0.1) is 39.4 Å². The summed E-state index contributed by atoms with van der Waals surface area (Å²) in [5, 5.41) is 98.8. The molecule has 10 N–H and O–H groups in total. The first-order chi connectivity index (χ1) is 37.0. The fraction of sp³-hybridized carbons (Fsp3) is 0.887. The molecule has 5 aliphatic heterocycles. The van der Waals surface area contributed by atoms with E-state index in [-0.39, 0.29) is 35.4 Å². The lowest BCUT2D eigenvalue weighted by Gasteiger charge is -2.63. The lowest BCUT2D eigenvalue weighted by molar-refractivity contribution is -0.385. The van der Waals surface area contributed by atoms with Gasteiger partial charge in [0.05, 0.1) is 43.9 Å². The second kappa shape index (κ2) is 22.6. The lowest BCUT2D eigenvalue weighted by atomic mass is 9.41. The van der Waals surface area contributed by atoms with Gasteiger partial charge in [0.1, 0.15) is 96.8 Å². The van der Waals surface area contributed by atoms with Crippen molar-refractivity contribution in [1.82, 2.24) is 0 Å². The second-order valence-corrected chi connectivity index (χ2v) is 25.9. The molecule has 5 heterocycles. The molecule has 8 fully saturated rings. The van der Waals surface area contributed by atoms with Crippen molar-refractivity contribution in [1.29, 1.82) is 0 Å². The average Bonchev–Trinajstić information content (AvgIpc) is 2.69. The second-order valence-electron chi connectivity index (χ2n) is 24.9. The van der Waals surface area contributed by atoms with Crippen LogP contribution in [0.5, 0.6) is 0 Å². The molecule has 5 saturated heterocycles. The average molecular weight is 1150 g/mol. The smallest absolute Gasteiger partial charge is 0.397 e. The predicted molar refractivity (Wildman–Crippen MR) is 267 cm³/mol. The van der Waals surface area contributed by atoms with Crippen molar-refractivity contribution in [2.75, 3.05) is 33.5 Å². The lowest BCUT2D eigenvalue weighted by Crippen LogP contribution is -2.66. The van der Waals surface area contributed by atoms with Gasteiger partial charge in [-0.3, -0.25) is 14.1 Å². The molecule has 450 valence electrons. The number of aliphatic hydroxyl groups is 9. The van der Waals surface area contributed by atoms with Gasteiger partial charge in [-0.05, 0) is 87.9 Å². The standard InChI is InChI=1S/C53H82O25S/c1-23(2)10-9-15-52(7)43-26(56)18-51(6)25-11-12-31-49(3,4)32(14-16-50(31,5)24(25)13-17-53(43,51)48(64)77-52)73-47-42(34(59)30(22-70-47)78-79(65,66)67)76-45-36(61)35(60)40(29(20-55)72-45)75-44-37(62)39(27(57)21-69-44)74-46-38(63)41(68-8)33(58)28(19-54)71-46/h11,24,27-47,54-55,57-63H,1,9-10,12-22H2,2-8H3,(H,65,66,67)/t24-,27-,28-,29-,30-,31+,32+,33-,34+,35-,36-,37-,38-,39+,40-,41+,42-,43-,44+,45+,46+,47+,50-,51+,52+,53-/m1/s1. The van der Waals surface area contributed by atoms with Crippen molar-refractivity contribution in [3.63, 3.8) is 0 Å². The minimum absolute atomic E-state index is 0.0163. The number of hydrogen-bond acceptors (Lipinski definition) is 24. The zero-order valence-corrected chi connectivity index (χ0v) is 46.5. The molecule has 0 bridgehead atoms. The van der Waals surface area contributed by atoms with Crippen LogP contribution < -0.4 is 0 Å². The number of fused-ring (bicyclic) bond motifs is 4. The van der Waals surface area contributed by atoms with Crippen LogP contribution in [0.2, 0.25) is 0 Å². The zero-order chi connectivity index (χ0) is 57.7. The maximum Gasteiger partial charge on any atom is 0.397 e. The highest BCUT2D eigenvalue weighted by molar-refractivity contribution is 7.80. The van der Waals surface area contributed by atoms with Crippen LogP contribution in [0.25, 0.3) is 0 Å². The first-order valence-electron chi connectivity index (χ1n) is 27.5. The molecule has 0 unspecified atom stereocenters. The third-order valence-electron chi connectivity index (χ3n) is 19.8. The number of esters is 1. The predicted octanol–water partition coefficient (Wildman–Crippen LogP) is -0.770. The summed E-state index contributed by atoms with van der Waals surface area (Å²) >= 11 is 0. The molecular formula is C53H82O25S. The normalized spacial score (nSPS) is 49.7. The van der Waals surface area contributed by atoms with Crippen LogP contribution in [-0.2, 0) is 71.5 Å². The van der Waals surface area contributed by atoms with E-state index in [1.807, 2.05) is 13.8 Å². The molecular weight excluding hydrogens is 1070 g/mol. The Morgan fingerprint density at radius 1 is 0.747 bits per heavy atom. The number of hydrogen-bond donors (Lipinski definition) is 10. The first-order valence-corrected chi connectivity index (χ1v) is 28.8. The summed E-state index contributed by atoms with van der Waals surface area (Å²) in [7, 11) is -4.00. The zero-order valence-electron chi connectivity index (χ0n) is 45.7. The monoisotopic (exact) mass is 1150 g/mol. The molecule has 26 atom stereocenters. The van der Waals surface area contributed by atoms with Crippen LogP contribution in [0.4, 0.5) is 0 Å². The Morgan fingerprint density at radius 2 is 1.38 bits per heavy atom. The molecule has 9 rings (SSSR count). The van der Waals surface area contributed by atoms with Crippen LogP contribution in [-0.4, -0.2) is 227 Å². The summed E-state index contributed by atoms with van der Waals surface area (Å²) in [4.78, 5) is 28.7. The highest BCUT2D eigenvalue weighted by atomic mass is 32.3. The maximum atomic E-state index is 14.4. The fourth-order valence-corrected chi connectivity index (χ4v) is 16.3. The molecule has 79 heavy (non-hydrogen) atoms. The summed E-state index contributed by atoms with van der Waals surface area (Å²) in [5.41, 5.74) is -1.49. The molecule has 0 aromatic heterocycles. The third-order valence-corrected chi connectivity index (χ3v) is 20.2. The Morgan fingerprint density at radius 3 is 2.04 bits per heavy atom. The molecule has 25 nitrogen and oxygen atoms in total. The minimum Gasteiger partial charge on any atom is -0.458 e. The van der Waals surface area contributed by atoms with Crippen molar-refractivity contribution in [2.24, 2.45) is 39.4 Å². The van der Waals surface area contributed by atoms with E-state index in [1.165, 1.54) is 7.11 Å². The van der Waals surface area contributed by atoms with Crippen molar-refractivity contribution >= 4 is 22.2 Å². The van der Waals surface area contributed by atoms with Gasteiger partial charge in [0, 0.05) is 18.9 Å². The Hall–Kier alpha value is -2.23. The number of allylic oxidation sites excluding steroid dienone is 3. The number of carbonyl (C=O) groups excluding carboxylic acids is 2. The highest BCUT2D eigenvalue weighted by Crippen LogP contribution is 2.75. The molecule has 1 spiro atoms. The number of ether oxygens (including phenoxy) is 10. The van der Waals surface area contributed by atoms with E-state index in [0.717, 1.165) is 24.0 Å². The largest absolute Gasteiger partial charge is 0.458 e. The van der Waals surface area contributed by atoms with Gasteiger partial charge in [-0.2, -0.15) is 8.42 Å². The molecule has 0 radical (unpaired) electrons. The quantitative estimate of drug-likeness (QED) is 0.0486. The molecule has 0 aromatic rings. The third kappa shape index (κ3) is 10.5. The summed E-state index contributed by atoms with van der Waals surface area (Å²) in [5.74, 6) is -0.821. The molecule has 0 amide bonds. The summed E-state index contributed by atoms with van der Waals surface area (Å²) in [6.45, 7) is 13.5. The van der Waals surface area contributed by atoms with Gasteiger partial charge in [0.2, 0.25) is 0 Å². The van der Waals surface area contributed by atoms with E-state index < -0.39 is 181 Å².